The molecule has 1 fully saturated rings. The van der Waals surface area contributed by atoms with Crippen LogP contribution in [-0.4, -0.2) is 49.5 Å². The van der Waals surface area contributed by atoms with Gasteiger partial charge in [0.25, 0.3) is 11.8 Å². The minimum Gasteiger partial charge on any atom is -0.366 e. The molecule has 2 aliphatic rings. The Morgan fingerprint density at radius 3 is 2.73 bits per heavy atom. The maximum atomic E-state index is 15.6. The number of nitrogens with one attached hydrogen (secondary N) is 4. The van der Waals surface area contributed by atoms with Gasteiger partial charge < -0.3 is 20.9 Å². The summed E-state index contributed by atoms with van der Waals surface area (Å²) >= 11 is 7.36. The second-order valence-corrected chi connectivity index (χ2v) is 12.0. The van der Waals surface area contributed by atoms with E-state index in [0.717, 1.165) is 16.9 Å². The van der Waals surface area contributed by atoms with Crippen LogP contribution in [0.3, 0.4) is 0 Å². The van der Waals surface area contributed by atoms with Crippen molar-refractivity contribution in [2.45, 2.75) is 45.8 Å². The van der Waals surface area contributed by atoms with E-state index in [1.807, 2.05) is 13.0 Å². The van der Waals surface area contributed by atoms with Crippen molar-refractivity contribution in [2.24, 2.45) is 0 Å². The number of imide groups is 1. The molecule has 4 amide bonds. The fourth-order valence-corrected chi connectivity index (χ4v) is 6.20. The van der Waals surface area contributed by atoms with Crippen LogP contribution in [0, 0.1) is 19.7 Å². The molecule has 2 aromatic carbocycles. The lowest BCUT2D eigenvalue weighted by Gasteiger charge is -2.29. The smallest absolute Gasteiger partial charge is 0.267 e. The van der Waals surface area contributed by atoms with Gasteiger partial charge in [0, 0.05) is 35.7 Å². The summed E-state index contributed by atoms with van der Waals surface area (Å²) in [6.07, 6.45) is 1.76. The van der Waals surface area contributed by atoms with Crippen LogP contribution >= 0.6 is 22.9 Å². The quantitative estimate of drug-likeness (QED) is 0.199. The molecule has 6 rings (SSSR count). The van der Waals surface area contributed by atoms with Crippen molar-refractivity contribution in [1.82, 2.24) is 25.2 Å². The van der Waals surface area contributed by atoms with E-state index in [4.69, 9.17) is 11.6 Å². The lowest BCUT2D eigenvalue weighted by molar-refractivity contribution is -0.136. The van der Waals surface area contributed by atoms with E-state index < -0.39 is 23.7 Å². The molecule has 15 heteroatoms. The number of para-hydroxylation sites is 1. The van der Waals surface area contributed by atoms with E-state index in [1.54, 1.807) is 31.2 Å². The van der Waals surface area contributed by atoms with Crippen molar-refractivity contribution in [3.8, 4) is 0 Å². The zero-order valence-electron chi connectivity index (χ0n) is 24.0. The number of aromatic nitrogens is 3. The van der Waals surface area contributed by atoms with Crippen molar-refractivity contribution in [3.63, 3.8) is 0 Å². The summed E-state index contributed by atoms with van der Waals surface area (Å²) in [5, 5.41) is 12.1. The van der Waals surface area contributed by atoms with Crippen LogP contribution in [0.5, 0.6) is 0 Å². The number of fused-ring (bicyclic) bond motifs is 1. The molecular weight excluding hydrogens is 623 g/mol. The van der Waals surface area contributed by atoms with Crippen LogP contribution in [-0.2, 0) is 22.7 Å². The average Bonchev–Trinajstić information content (AvgIpc) is 3.59. The molecular formula is C30H26ClFN8O4S. The Balaban J connectivity index is 1.11. The van der Waals surface area contributed by atoms with Gasteiger partial charge in [-0.2, -0.15) is 0 Å². The number of carbonyl (C=O) groups excluding carboxylic acids is 4. The summed E-state index contributed by atoms with van der Waals surface area (Å²) < 4.78 is 15.6. The number of halogens is 2. The van der Waals surface area contributed by atoms with Gasteiger partial charge in [-0.15, -0.1) is 0 Å². The highest BCUT2D eigenvalue weighted by molar-refractivity contribution is 7.17. The van der Waals surface area contributed by atoms with Crippen LogP contribution in [0.15, 0.2) is 42.6 Å². The first-order chi connectivity index (χ1) is 21.6. The lowest BCUT2D eigenvalue weighted by Crippen LogP contribution is -2.52. The fraction of sp³-hybridized carbons (Fsp3) is 0.233. The molecule has 2 aliphatic heterocycles. The van der Waals surface area contributed by atoms with Crippen LogP contribution in [0.4, 0.5) is 26.8 Å². The van der Waals surface area contributed by atoms with Gasteiger partial charge in [-0.25, -0.2) is 19.3 Å². The first kappa shape index (κ1) is 30.1. The Kier molecular flexibility index (Phi) is 8.16. The van der Waals surface area contributed by atoms with Crippen molar-refractivity contribution in [1.29, 1.82) is 0 Å². The zero-order chi connectivity index (χ0) is 31.8. The topological polar surface area (TPSA) is 158 Å². The van der Waals surface area contributed by atoms with Crippen LogP contribution in [0.1, 0.15) is 55.4 Å². The van der Waals surface area contributed by atoms with Crippen molar-refractivity contribution in [2.75, 3.05) is 16.0 Å². The Morgan fingerprint density at radius 1 is 1.16 bits per heavy atom. The van der Waals surface area contributed by atoms with E-state index >= 15 is 4.39 Å². The van der Waals surface area contributed by atoms with Crippen LogP contribution in [0.25, 0.3) is 0 Å². The third-order valence-corrected chi connectivity index (χ3v) is 8.68. The highest BCUT2D eigenvalue weighted by Gasteiger charge is 2.40. The predicted octanol–water partition coefficient (Wildman–Crippen LogP) is 4.71. The van der Waals surface area contributed by atoms with E-state index in [-0.39, 0.29) is 48.9 Å². The number of benzene rings is 2. The summed E-state index contributed by atoms with van der Waals surface area (Å²) in [6.45, 7) is 3.55. The minimum atomic E-state index is -0.826. The van der Waals surface area contributed by atoms with Gasteiger partial charge in [0.05, 0.1) is 23.5 Å². The van der Waals surface area contributed by atoms with Crippen LogP contribution in [0.2, 0.25) is 5.02 Å². The number of aryl methyl sites for hydroxylation is 2. The maximum Gasteiger partial charge on any atom is 0.267 e. The molecule has 0 spiro atoms. The molecule has 12 nitrogen and oxygen atoms in total. The standard InChI is InChI=1S/C30H26ClFN8O4S/c1-14-4-3-5-19(31)26(14)39-28(43)21-12-34-30(45-21)37-23-10-22(35-15(2)36-23)33-11-16-6-7-17-18(25(16)32)13-40(29(17)44)20-8-9-24(41)38-27(20)42/h3-7,10,12,20H,8-9,11,13H2,1-2H3,(H,39,43)(H,38,41,42)(H2,33,34,35,36,37). The number of hydrogen-bond donors (Lipinski definition) is 4. The largest absolute Gasteiger partial charge is 0.366 e. The van der Waals surface area contributed by atoms with Gasteiger partial charge in [0.2, 0.25) is 11.8 Å². The van der Waals surface area contributed by atoms with E-state index in [1.165, 1.54) is 17.2 Å². The van der Waals surface area contributed by atoms with E-state index in [2.05, 4.69) is 36.2 Å². The average molecular weight is 649 g/mol. The van der Waals surface area contributed by atoms with Gasteiger partial charge in [-0.1, -0.05) is 41.1 Å². The molecule has 0 bridgehead atoms. The molecule has 4 heterocycles. The Bertz CT molecular complexity index is 1860. The summed E-state index contributed by atoms with van der Waals surface area (Å²) in [6, 6.07) is 9.22. The SMILES string of the molecule is Cc1nc(NCc2ccc3c(c2F)CN(C2CCC(=O)NC2=O)C3=O)cc(Nc2ncc(C(=O)Nc3c(C)cccc3Cl)s2)n1. The zero-order valence-corrected chi connectivity index (χ0v) is 25.6. The van der Waals surface area contributed by atoms with E-state index in [9.17, 15) is 19.2 Å². The molecule has 45 heavy (non-hydrogen) atoms. The van der Waals surface area contributed by atoms with Gasteiger partial charge in [0.1, 0.15) is 34.2 Å². The minimum absolute atomic E-state index is 0.0602. The van der Waals surface area contributed by atoms with Gasteiger partial charge in [-0.3, -0.25) is 24.5 Å². The number of amides is 4. The van der Waals surface area contributed by atoms with Crippen molar-refractivity contribution >= 4 is 69.0 Å². The molecule has 0 aliphatic carbocycles. The van der Waals surface area contributed by atoms with E-state index in [0.29, 0.717) is 43.7 Å². The second-order valence-electron chi connectivity index (χ2n) is 10.5. The summed E-state index contributed by atoms with van der Waals surface area (Å²) in [4.78, 5) is 64.3. The number of rotatable bonds is 8. The predicted molar refractivity (Wildman–Crippen MR) is 166 cm³/mol. The van der Waals surface area contributed by atoms with Gasteiger partial charge in [0.15, 0.2) is 5.13 Å². The Labute approximate surface area is 265 Å². The first-order valence-corrected chi connectivity index (χ1v) is 15.1. The first-order valence-electron chi connectivity index (χ1n) is 13.9. The summed E-state index contributed by atoms with van der Waals surface area (Å²) in [5.41, 5.74) is 2.08. The maximum absolute atomic E-state index is 15.6. The number of piperidine rings is 1. The number of hydrogen-bond acceptors (Lipinski definition) is 10. The molecule has 1 saturated heterocycles. The number of thiazole rings is 1. The molecule has 230 valence electrons. The number of anilines is 4. The number of carbonyl (C=O) groups is 4. The molecule has 4 N–H and O–H groups in total. The summed E-state index contributed by atoms with van der Waals surface area (Å²) in [7, 11) is 0. The van der Waals surface area contributed by atoms with Crippen LogP contribution < -0.4 is 21.3 Å². The monoisotopic (exact) mass is 648 g/mol. The highest BCUT2D eigenvalue weighted by Crippen LogP contribution is 2.32. The molecule has 0 radical (unpaired) electrons. The fourth-order valence-electron chi connectivity index (χ4n) is 5.21. The second kappa shape index (κ2) is 12.2. The molecule has 2 aromatic heterocycles. The molecule has 0 saturated carbocycles. The Morgan fingerprint density at radius 2 is 1.96 bits per heavy atom. The molecule has 1 unspecified atom stereocenters. The molecule has 1 atom stereocenters. The third kappa shape index (κ3) is 6.19. The normalized spacial score (nSPS) is 16.0. The van der Waals surface area contributed by atoms with Crippen molar-refractivity contribution < 1.29 is 23.6 Å². The third-order valence-electron chi connectivity index (χ3n) is 7.45. The van der Waals surface area contributed by atoms with Crippen molar-refractivity contribution in [3.05, 3.63) is 86.4 Å². The number of nitrogens with zero attached hydrogens (tertiary/aromatic N) is 4. The summed E-state index contributed by atoms with van der Waals surface area (Å²) in [5.74, 6) is -1.02. The van der Waals surface area contributed by atoms with Gasteiger partial charge in [-0.05, 0) is 38.0 Å². The Hall–Kier alpha value is -4.95. The highest BCUT2D eigenvalue weighted by atomic mass is 35.5. The molecule has 4 aromatic rings. The lowest BCUT2D eigenvalue weighted by atomic mass is 10.0. The van der Waals surface area contributed by atoms with Gasteiger partial charge >= 0.3 is 0 Å².